The van der Waals surface area contributed by atoms with Gasteiger partial charge in [0.2, 0.25) is 5.91 Å². The van der Waals surface area contributed by atoms with E-state index in [9.17, 15) is 4.79 Å². The molecule has 0 aliphatic carbocycles. The van der Waals surface area contributed by atoms with E-state index < -0.39 is 0 Å². The van der Waals surface area contributed by atoms with Crippen molar-refractivity contribution < 1.29 is 4.79 Å². The summed E-state index contributed by atoms with van der Waals surface area (Å²) >= 11 is 4.99. The summed E-state index contributed by atoms with van der Waals surface area (Å²) in [4.78, 5) is 16.2. The maximum Gasteiger partial charge on any atom is 0.225 e. The van der Waals surface area contributed by atoms with E-state index in [1.807, 2.05) is 31.2 Å². The van der Waals surface area contributed by atoms with Gasteiger partial charge in [-0.2, -0.15) is 0 Å². The standard InChI is InChI=1S/C15H16BrN3OS/c1-10-4-5-11(17)9-13(10)19-14(20)6-8-21-15-12(16)3-2-7-18-15/h2-5,7,9H,6,8,17H2,1H3,(H,19,20). The number of nitrogens with one attached hydrogen (secondary N) is 1. The number of nitrogen functional groups attached to an aromatic ring is 1. The molecule has 0 saturated carbocycles. The fourth-order valence-corrected chi connectivity index (χ4v) is 3.13. The molecule has 0 aliphatic heterocycles. The Balaban J connectivity index is 1.85. The van der Waals surface area contributed by atoms with Gasteiger partial charge in [0, 0.05) is 34.2 Å². The number of benzene rings is 1. The number of aromatic nitrogens is 1. The van der Waals surface area contributed by atoms with Gasteiger partial charge in [-0.15, -0.1) is 11.8 Å². The molecule has 1 aromatic carbocycles. The van der Waals surface area contributed by atoms with Crippen molar-refractivity contribution in [3.8, 4) is 0 Å². The van der Waals surface area contributed by atoms with Crippen LogP contribution in [-0.2, 0) is 4.79 Å². The molecule has 1 amide bonds. The molecule has 1 heterocycles. The molecule has 0 atom stereocenters. The number of thioether (sulfide) groups is 1. The minimum atomic E-state index is -0.0248. The topological polar surface area (TPSA) is 68.0 Å². The Kier molecular flexibility index (Phi) is 5.64. The van der Waals surface area contributed by atoms with Crippen LogP contribution < -0.4 is 11.1 Å². The maximum atomic E-state index is 12.0. The number of rotatable bonds is 5. The monoisotopic (exact) mass is 365 g/mol. The second kappa shape index (κ2) is 7.47. The predicted octanol–water partition coefficient (Wildman–Crippen LogP) is 3.86. The Morgan fingerprint density at radius 1 is 1.43 bits per heavy atom. The van der Waals surface area contributed by atoms with E-state index in [-0.39, 0.29) is 5.91 Å². The number of hydrogen-bond donors (Lipinski definition) is 2. The van der Waals surface area contributed by atoms with Crippen LogP contribution in [0.3, 0.4) is 0 Å². The van der Waals surface area contributed by atoms with Crippen molar-refractivity contribution in [2.75, 3.05) is 16.8 Å². The molecular weight excluding hydrogens is 350 g/mol. The van der Waals surface area contributed by atoms with Crippen LogP contribution in [-0.4, -0.2) is 16.6 Å². The zero-order chi connectivity index (χ0) is 15.2. The van der Waals surface area contributed by atoms with Crippen molar-refractivity contribution in [1.82, 2.24) is 4.98 Å². The van der Waals surface area contributed by atoms with E-state index in [1.165, 1.54) is 0 Å². The van der Waals surface area contributed by atoms with Gasteiger partial charge < -0.3 is 11.1 Å². The summed E-state index contributed by atoms with van der Waals surface area (Å²) < 4.78 is 0.946. The Bertz CT molecular complexity index is 649. The number of pyridine rings is 1. The van der Waals surface area contributed by atoms with Gasteiger partial charge in [0.05, 0.1) is 0 Å². The van der Waals surface area contributed by atoms with Crippen molar-refractivity contribution in [3.05, 3.63) is 46.6 Å². The van der Waals surface area contributed by atoms with Crippen LogP contribution in [0.25, 0.3) is 0 Å². The molecule has 1 aromatic heterocycles. The number of carbonyl (C=O) groups excluding carboxylic acids is 1. The molecule has 0 saturated heterocycles. The van der Waals surface area contributed by atoms with Gasteiger partial charge in [0.1, 0.15) is 5.03 Å². The highest BCUT2D eigenvalue weighted by Gasteiger charge is 2.07. The zero-order valence-corrected chi connectivity index (χ0v) is 14.0. The first-order valence-electron chi connectivity index (χ1n) is 6.45. The van der Waals surface area contributed by atoms with Gasteiger partial charge in [-0.1, -0.05) is 6.07 Å². The van der Waals surface area contributed by atoms with E-state index in [0.717, 1.165) is 20.7 Å². The second-order valence-corrected chi connectivity index (χ2v) is 6.45. The highest BCUT2D eigenvalue weighted by atomic mass is 79.9. The molecule has 0 bridgehead atoms. The number of nitrogens with two attached hydrogens (primary N) is 1. The second-order valence-electron chi connectivity index (χ2n) is 4.51. The van der Waals surface area contributed by atoms with Crippen molar-refractivity contribution in [2.24, 2.45) is 0 Å². The highest BCUT2D eigenvalue weighted by molar-refractivity contribution is 9.10. The SMILES string of the molecule is Cc1ccc(N)cc1NC(=O)CCSc1ncccc1Br. The first-order valence-corrected chi connectivity index (χ1v) is 8.23. The lowest BCUT2D eigenvalue weighted by Crippen LogP contribution is -2.13. The summed E-state index contributed by atoms with van der Waals surface area (Å²) in [5.74, 6) is 0.645. The van der Waals surface area contributed by atoms with Crippen LogP contribution >= 0.6 is 27.7 Å². The molecule has 21 heavy (non-hydrogen) atoms. The number of anilines is 2. The summed E-state index contributed by atoms with van der Waals surface area (Å²) in [6.45, 7) is 1.94. The van der Waals surface area contributed by atoms with Gasteiger partial charge in [-0.25, -0.2) is 4.98 Å². The van der Waals surface area contributed by atoms with E-state index in [0.29, 0.717) is 17.9 Å². The summed E-state index contributed by atoms with van der Waals surface area (Å²) in [6, 6.07) is 9.29. The third-order valence-electron chi connectivity index (χ3n) is 2.83. The van der Waals surface area contributed by atoms with Crippen LogP contribution in [0, 0.1) is 6.92 Å². The van der Waals surface area contributed by atoms with Crippen LogP contribution in [0.2, 0.25) is 0 Å². The van der Waals surface area contributed by atoms with Gasteiger partial charge in [0.25, 0.3) is 0 Å². The van der Waals surface area contributed by atoms with Crippen LogP contribution in [0.15, 0.2) is 46.0 Å². The van der Waals surface area contributed by atoms with Gasteiger partial charge in [-0.05, 0) is 52.7 Å². The fourth-order valence-electron chi connectivity index (χ4n) is 1.70. The third kappa shape index (κ3) is 4.75. The summed E-state index contributed by atoms with van der Waals surface area (Å²) in [7, 11) is 0. The molecule has 4 nitrogen and oxygen atoms in total. The Hall–Kier alpha value is -1.53. The molecule has 0 spiro atoms. The lowest BCUT2D eigenvalue weighted by Gasteiger charge is -2.09. The van der Waals surface area contributed by atoms with E-state index in [4.69, 9.17) is 5.73 Å². The molecule has 0 unspecified atom stereocenters. The minimum absolute atomic E-state index is 0.0248. The summed E-state index contributed by atoms with van der Waals surface area (Å²) in [5, 5.41) is 3.78. The first-order chi connectivity index (χ1) is 10.1. The molecule has 6 heteroatoms. The Morgan fingerprint density at radius 3 is 3.00 bits per heavy atom. The van der Waals surface area contributed by atoms with Crippen molar-refractivity contribution in [3.63, 3.8) is 0 Å². The smallest absolute Gasteiger partial charge is 0.225 e. The number of amides is 1. The number of nitrogens with zero attached hydrogens (tertiary/aromatic N) is 1. The van der Waals surface area contributed by atoms with E-state index in [1.54, 1.807) is 24.0 Å². The minimum Gasteiger partial charge on any atom is -0.399 e. The molecule has 110 valence electrons. The van der Waals surface area contributed by atoms with E-state index in [2.05, 4.69) is 26.2 Å². The third-order valence-corrected chi connectivity index (χ3v) is 4.74. The van der Waals surface area contributed by atoms with E-state index >= 15 is 0 Å². The average Bonchev–Trinajstić information content (AvgIpc) is 2.45. The number of hydrogen-bond acceptors (Lipinski definition) is 4. The molecule has 2 aromatic rings. The zero-order valence-electron chi connectivity index (χ0n) is 11.6. The van der Waals surface area contributed by atoms with Crippen LogP contribution in [0.4, 0.5) is 11.4 Å². The van der Waals surface area contributed by atoms with Gasteiger partial charge >= 0.3 is 0 Å². The summed E-state index contributed by atoms with van der Waals surface area (Å²) in [6.07, 6.45) is 2.16. The highest BCUT2D eigenvalue weighted by Crippen LogP contribution is 2.25. The molecule has 3 N–H and O–H groups in total. The Morgan fingerprint density at radius 2 is 2.24 bits per heavy atom. The average molecular weight is 366 g/mol. The lowest BCUT2D eigenvalue weighted by atomic mass is 10.2. The largest absolute Gasteiger partial charge is 0.399 e. The molecule has 0 fully saturated rings. The molecule has 2 rings (SSSR count). The van der Waals surface area contributed by atoms with Gasteiger partial charge in [0.15, 0.2) is 0 Å². The lowest BCUT2D eigenvalue weighted by molar-refractivity contribution is -0.115. The van der Waals surface area contributed by atoms with Crippen LogP contribution in [0.1, 0.15) is 12.0 Å². The number of carbonyl (C=O) groups is 1. The van der Waals surface area contributed by atoms with Crippen molar-refractivity contribution in [2.45, 2.75) is 18.4 Å². The molecular formula is C15H16BrN3OS. The Labute approximate surface area is 136 Å². The predicted molar refractivity (Wildman–Crippen MR) is 91.5 cm³/mol. The van der Waals surface area contributed by atoms with Crippen molar-refractivity contribution in [1.29, 1.82) is 0 Å². The molecule has 0 radical (unpaired) electrons. The fraction of sp³-hybridized carbons (Fsp3) is 0.200. The number of aryl methyl sites for hydroxylation is 1. The molecule has 0 aliphatic rings. The van der Waals surface area contributed by atoms with Crippen LogP contribution in [0.5, 0.6) is 0 Å². The van der Waals surface area contributed by atoms with Crippen molar-refractivity contribution >= 4 is 45.0 Å². The number of halogens is 1. The normalized spacial score (nSPS) is 10.4. The maximum absolute atomic E-state index is 12.0. The quantitative estimate of drug-likeness (QED) is 0.623. The van der Waals surface area contributed by atoms with Gasteiger partial charge in [-0.3, -0.25) is 4.79 Å². The first kappa shape index (κ1) is 15.9. The summed E-state index contributed by atoms with van der Waals surface area (Å²) in [5.41, 5.74) is 8.13.